The number of β-lactam (4-membered cyclic amide) rings is 1. The van der Waals surface area contributed by atoms with Gasteiger partial charge in [-0.05, 0) is 19.4 Å². The third kappa shape index (κ3) is 3.56. The Morgan fingerprint density at radius 3 is 2.56 bits per heavy atom. The molecule has 9 heteroatoms. The maximum atomic E-state index is 12.6. The summed E-state index contributed by atoms with van der Waals surface area (Å²) >= 11 is 7.46. The minimum absolute atomic E-state index is 0.0389. The lowest BCUT2D eigenvalue weighted by atomic mass is 10.00. The Morgan fingerprint density at radius 1 is 1.33 bits per heavy atom. The molecule has 1 saturated heterocycles. The molecule has 3 N–H and O–H groups in total. The molecule has 7 nitrogen and oxygen atoms in total. The Balaban J connectivity index is 1.73. The number of aryl methyl sites for hydroxylation is 2. The van der Waals surface area contributed by atoms with Crippen LogP contribution in [0.4, 0.5) is 0 Å². The number of carbonyl (C=O) groups is 3. The van der Waals surface area contributed by atoms with Gasteiger partial charge in [0, 0.05) is 5.75 Å². The van der Waals surface area contributed by atoms with Gasteiger partial charge >= 0.3 is 5.97 Å². The van der Waals surface area contributed by atoms with Crippen molar-refractivity contribution in [2.45, 2.75) is 31.3 Å². The van der Waals surface area contributed by atoms with E-state index >= 15 is 0 Å². The second kappa shape index (κ2) is 7.53. The van der Waals surface area contributed by atoms with Gasteiger partial charge in [0.2, 0.25) is 5.91 Å². The molecule has 0 spiro atoms. The van der Waals surface area contributed by atoms with Crippen molar-refractivity contribution in [2.24, 2.45) is 5.73 Å². The van der Waals surface area contributed by atoms with Gasteiger partial charge in [-0.15, -0.1) is 11.8 Å². The van der Waals surface area contributed by atoms with Crippen LogP contribution in [0.3, 0.4) is 0 Å². The summed E-state index contributed by atoms with van der Waals surface area (Å²) in [5.74, 6) is -1.17. The first-order valence-corrected chi connectivity index (χ1v) is 9.73. The molecule has 0 radical (unpaired) electrons. The number of nitrogens with one attached hydrogen (secondary N) is 1. The lowest BCUT2D eigenvalue weighted by molar-refractivity contribution is -0.151. The number of benzene rings is 1. The number of amides is 2. The van der Waals surface area contributed by atoms with Crippen LogP contribution in [0.25, 0.3) is 0 Å². The number of carbonyl (C=O) groups excluding carboxylic acids is 3. The summed E-state index contributed by atoms with van der Waals surface area (Å²) in [6.45, 7) is 3.86. The Labute approximate surface area is 166 Å². The van der Waals surface area contributed by atoms with Crippen LogP contribution in [-0.4, -0.2) is 47.0 Å². The summed E-state index contributed by atoms with van der Waals surface area (Å²) in [7, 11) is 1.22. The van der Waals surface area contributed by atoms with E-state index in [1.54, 1.807) is 0 Å². The third-order valence-corrected chi connectivity index (χ3v) is 6.23. The summed E-state index contributed by atoms with van der Waals surface area (Å²) in [5.41, 5.74) is 8.82. The molecule has 2 amide bonds. The van der Waals surface area contributed by atoms with Gasteiger partial charge in [0.15, 0.2) is 0 Å². The fourth-order valence-electron chi connectivity index (χ4n) is 3.25. The summed E-state index contributed by atoms with van der Waals surface area (Å²) < 4.78 is 4.70. The van der Waals surface area contributed by atoms with Crippen LogP contribution < -0.4 is 11.1 Å². The number of methoxy groups -OCH3 is 1. The molecule has 1 fully saturated rings. The van der Waals surface area contributed by atoms with Crippen molar-refractivity contribution in [1.29, 1.82) is 0 Å². The number of ether oxygens (including phenoxy) is 1. The largest absolute Gasteiger partial charge is 0.464 e. The van der Waals surface area contributed by atoms with Crippen LogP contribution in [0, 0.1) is 13.8 Å². The molecular formula is C18H20ClN3O4S. The number of hydrogen-bond acceptors (Lipinski definition) is 6. The summed E-state index contributed by atoms with van der Waals surface area (Å²) in [4.78, 5) is 38.3. The zero-order valence-electron chi connectivity index (χ0n) is 15.1. The van der Waals surface area contributed by atoms with Crippen molar-refractivity contribution < 1.29 is 19.1 Å². The SMILES string of the molecule is COC(=O)C1=C(Cl)CS[C@H]2C(NC(=O)C(N)c3cc(C)cc(C)c3)C(=O)N12. The molecular weight excluding hydrogens is 390 g/mol. The fourth-order valence-corrected chi connectivity index (χ4v) is 4.80. The number of hydrogen-bond donors (Lipinski definition) is 2. The second-order valence-electron chi connectivity index (χ2n) is 6.54. The van der Waals surface area contributed by atoms with Gasteiger partial charge in [-0.1, -0.05) is 40.9 Å². The third-order valence-electron chi connectivity index (χ3n) is 4.48. The standard InChI is InChI=1S/C18H20ClN3O4S/c1-8-4-9(2)6-10(5-8)12(20)15(23)21-13-16(24)22-14(18(25)26-3)11(19)7-27-17(13)22/h4-6,12-13,17H,7,20H2,1-3H3,(H,21,23)/t12?,13?,17-/m0/s1. The lowest BCUT2D eigenvalue weighted by Gasteiger charge is -2.49. The maximum Gasteiger partial charge on any atom is 0.356 e. The van der Waals surface area contributed by atoms with E-state index in [1.165, 1.54) is 23.8 Å². The van der Waals surface area contributed by atoms with Crippen molar-refractivity contribution in [3.63, 3.8) is 0 Å². The zero-order chi connectivity index (χ0) is 19.9. The van der Waals surface area contributed by atoms with Gasteiger partial charge < -0.3 is 15.8 Å². The highest BCUT2D eigenvalue weighted by Gasteiger charge is 2.54. The molecule has 3 rings (SSSR count). The quantitative estimate of drug-likeness (QED) is 0.574. The Kier molecular flexibility index (Phi) is 5.50. The van der Waals surface area contributed by atoms with Crippen molar-refractivity contribution in [2.75, 3.05) is 12.9 Å². The number of fused-ring (bicyclic) bond motifs is 1. The molecule has 2 heterocycles. The average Bonchev–Trinajstić information content (AvgIpc) is 2.63. The van der Waals surface area contributed by atoms with Crippen LogP contribution in [0.1, 0.15) is 22.7 Å². The summed E-state index contributed by atoms with van der Waals surface area (Å²) in [6, 6.07) is 4.03. The van der Waals surface area contributed by atoms with E-state index < -0.39 is 35.2 Å². The second-order valence-corrected chi connectivity index (χ2v) is 8.10. The molecule has 144 valence electrons. The predicted octanol–water partition coefficient (Wildman–Crippen LogP) is 1.33. The topological polar surface area (TPSA) is 102 Å². The normalized spacial score (nSPS) is 22.7. The Hall–Kier alpha value is -2.03. The Morgan fingerprint density at radius 2 is 1.96 bits per heavy atom. The van der Waals surface area contributed by atoms with E-state index in [-0.39, 0.29) is 10.7 Å². The summed E-state index contributed by atoms with van der Waals surface area (Å²) in [6.07, 6.45) is 0. The monoisotopic (exact) mass is 409 g/mol. The van der Waals surface area contributed by atoms with Crippen LogP contribution in [-0.2, 0) is 19.1 Å². The van der Waals surface area contributed by atoms with Gasteiger partial charge in [-0.3, -0.25) is 14.5 Å². The number of nitrogens with two attached hydrogens (primary N) is 1. The van der Waals surface area contributed by atoms with Gasteiger partial charge in [-0.2, -0.15) is 0 Å². The highest BCUT2D eigenvalue weighted by molar-refractivity contribution is 8.00. The molecule has 0 saturated carbocycles. The van der Waals surface area contributed by atoms with E-state index in [1.807, 2.05) is 32.0 Å². The van der Waals surface area contributed by atoms with Crippen LogP contribution in [0.5, 0.6) is 0 Å². The number of halogens is 1. The predicted molar refractivity (Wildman–Crippen MR) is 103 cm³/mol. The van der Waals surface area contributed by atoms with Crippen molar-refractivity contribution in [1.82, 2.24) is 10.2 Å². The van der Waals surface area contributed by atoms with Gasteiger partial charge in [0.1, 0.15) is 23.2 Å². The molecule has 1 aromatic rings. The van der Waals surface area contributed by atoms with E-state index in [0.29, 0.717) is 11.3 Å². The van der Waals surface area contributed by atoms with Crippen LogP contribution >= 0.6 is 23.4 Å². The van der Waals surface area contributed by atoms with Gasteiger partial charge in [0.25, 0.3) is 5.91 Å². The van der Waals surface area contributed by atoms with Crippen LogP contribution in [0.15, 0.2) is 28.9 Å². The number of rotatable bonds is 4. The maximum absolute atomic E-state index is 12.6. The van der Waals surface area contributed by atoms with E-state index in [0.717, 1.165) is 11.1 Å². The first-order chi connectivity index (χ1) is 12.7. The molecule has 0 aliphatic carbocycles. The first-order valence-electron chi connectivity index (χ1n) is 8.30. The van der Waals surface area contributed by atoms with Crippen molar-refractivity contribution in [3.8, 4) is 0 Å². The first kappa shape index (κ1) is 19.7. The van der Waals surface area contributed by atoms with Crippen molar-refractivity contribution >= 4 is 41.1 Å². The molecule has 2 unspecified atom stereocenters. The van der Waals surface area contributed by atoms with Crippen LogP contribution in [0.2, 0.25) is 0 Å². The smallest absolute Gasteiger partial charge is 0.356 e. The van der Waals surface area contributed by atoms with E-state index in [9.17, 15) is 14.4 Å². The zero-order valence-corrected chi connectivity index (χ0v) is 16.7. The number of esters is 1. The minimum atomic E-state index is -0.891. The fraction of sp³-hybridized carbons (Fsp3) is 0.389. The molecule has 0 bridgehead atoms. The van der Waals surface area contributed by atoms with E-state index in [4.69, 9.17) is 22.1 Å². The Bertz CT molecular complexity index is 837. The molecule has 2 aliphatic heterocycles. The summed E-state index contributed by atoms with van der Waals surface area (Å²) in [5, 5.41) is 2.55. The lowest BCUT2D eigenvalue weighted by Crippen LogP contribution is -2.71. The number of nitrogens with zero attached hydrogens (tertiary/aromatic N) is 1. The van der Waals surface area contributed by atoms with E-state index in [2.05, 4.69) is 5.32 Å². The highest BCUT2D eigenvalue weighted by atomic mass is 35.5. The number of thioether (sulfide) groups is 1. The molecule has 0 aromatic heterocycles. The molecule has 27 heavy (non-hydrogen) atoms. The van der Waals surface area contributed by atoms with Gasteiger partial charge in [0.05, 0.1) is 12.1 Å². The highest BCUT2D eigenvalue weighted by Crippen LogP contribution is 2.41. The minimum Gasteiger partial charge on any atom is -0.464 e. The molecule has 3 atom stereocenters. The molecule has 2 aliphatic rings. The van der Waals surface area contributed by atoms with Crippen molar-refractivity contribution in [3.05, 3.63) is 45.6 Å². The van der Waals surface area contributed by atoms with Gasteiger partial charge in [-0.25, -0.2) is 4.79 Å². The molecule has 1 aromatic carbocycles. The average molecular weight is 410 g/mol.